The highest BCUT2D eigenvalue weighted by Gasteiger charge is 2.37. The third-order valence-corrected chi connectivity index (χ3v) is 5.62. The second-order valence-corrected chi connectivity index (χ2v) is 7.19. The summed E-state index contributed by atoms with van der Waals surface area (Å²) in [7, 11) is 0. The van der Waals surface area contributed by atoms with Gasteiger partial charge >= 0.3 is 0 Å². The molecule has 3 N–H and O–H groups in total. The first kappa shape index (κ1) is 15.3. The highest BCUT2D eigenvalue weighted by molar-refractivity contribution is 4.95. The fraction of sp³-hybridized carbons (Fsp3) is 1.00. The summed E-state index contributed by atoms with van der Waals surface area (Å²) < 4.78 is 0. The smallest absolute Gasteiger partial charge is 0.0613 e. The Bertz CT molecular complexity index is 266. The molecule has 2 aliphatic carbocycles. The fourth-order valence-corrected chi connectivity index (χ4v) is 3.77. The Morgan fingerprint density at radius 2 is 1.58 bits per heavy atom. The molecule has 0 saturated heterocycles. The van der Waals surface area contributed by atoms with Gasteiger partial charge in [0.1, 0.15) is 0 Å². The predicted octanol–water partition coefficient (Wildman–Crippen LogP) is 2.46. The molecule has 19 heavy (non-hydrogen) atoms. The minimum absolute atomic E-state index is 0.0729. The maximum Gasteiger partial charge on any atom is 0.0613 e. The molecule has 0 aromatic heterocycles. The van der Waals surface area contributed by atoms with E-state index < -0.39 is 0 Å². The van der Waals surface area contributed by atoms with Gasteiger partial charge < -0.3 is 15.5 Å². The molecule has 0 aromatic carbocycles. The van der Waals surface area contributed by atoms with Crippen LogP contribution in [0.15, 0.2) is 0 Å². The second kappa shape index (κ2) is 6.55. The Kier molecular flexibility index (Phi) is 5.27. The first-order valence-electron chi connectivity index (χ1n) is 8.10. The van der Waals surface area contributed by atoms with Gasteiger partial charge in [-0.05, 0) is 44.4 Å². The maximum atomic E-state index is 9.79. The van der Waals surface area contributed by atoms with Gasteiger partial charge in [0.25, 0.3) is 0 Å². The van der Waals surface area contributed by atoms with E-state index in [1.165, 1.54) is 32.1 Å². The highest BCUT2D eigenvalue weighted by atomic mass is 16.3. The molecular formula is C16H31NO2. The molecule has 2 fully saturated rings. The second-order valence-electron chi connectivity index (χ2n) is 7.19. The van der Waals surface area contributed by atoms with E-state index in [1.54, 1.807) is 0 Å². The molecule has 2 saturated carbocycles. The number of hydrogen-bond acceptors (Lipinski definition) is 3. The SMILES string of the molecule is CC1CCC(CO)(NCC2(CO)CCCCC2)CC1. The summed E-state index contributed by atoms with van der Waals surface area (Å²) in [6.07, 6.45) is 10.6. The number of rotatable bonds is 5. The maximum absolute atomic E-state index is 9.79. The van der Waals surface area contributed by atoms with Gasteiger partial charge in [0.15, 0.2) is 0 Å². The van der Waals surface area contributed by atoms with Crippen LogP contribution in [0.2, 0.25) is 0 Å². The van der Waals surface area contributed by atoms with Crippen molar-refractivity contribution in [2.45, 2.75) is 70.3 Å². The molecule has 0 bridgehead atoms. The van der Waals surface area contributed by atoms with Crippen LogP contribution in [0.5, 0.6) is 0 Å². The van der Waals surface area contributed by atoms with Crippen molar-refractivity contribution in [3.05, 3.63) is 0 Å². The molecule has 3 nitrogen and oxygen atoms in total. The number of hydrogen-bond donors (Lipinski definition) is 3. The molecule has 112 valence electrons. The summed E-state index contributed by atoms with van der Waals surface area (Å²) in [5, 5.41) is 23.2. The van der Waals surface area contributed by atoms with Crippen LogP contribution >= 0.6 is 0 Å². The Morgan fingerprint density at radius 1 is 0.947 bits per heavy atom. The van der Waals surface area contributed by atoms with Crippen molar-refractivity contribution in [3.8, 4) is 0 Å². The third kappa shape index (κ3) is 3.71. The van der Waals surface area contributed by atoms with Crippen LogP contribution in [0.3, 0.4) is 0 Å². The summed E-state index contributed by atoms with van der Waals surface area (Å²) in [5.74, 6) is 0.794. The van der Waals surface area contributed by atoms with Crippen LogP contribution in [0.25, 0.3) is 0 Å². The van der Waals surface area contributed by atoms with Crippen LogP contribution in [0.4, 0.5) is 0 Å². The van der Waals surface area contributed by atoms with Crippen LogP contribution in [0, 0.1) is 11.3 Å². The van der Waals surface area contributed by atoms with Gasteiger partial charge in [0.2, 0.25) is 0 Å². The van der Waals surface area contributed by atoms with Crippen molar-refractivity contribution in [3.63, 3.8) is 0 Å². The van der Waals surface area contributed by atoms with Crippen molar-refractivity contribution < 1.29 is 10.2 Å². The first-order chi connectivity index (χ1) is 9.14. The zero-order valence-corrected chi connectivity index (χ0v) is 12.5. The normalized spacial score (nSPS) is 35.2. The lowest BCUT2D eigenvalue weighted by Crippen LogP contribution is -2.55. The largest absolute Gasteiger partial charge is 0.396 e. The van der Waals surface area contributed by atoms with Crippen molar-refractivity contribution in [2.75, 3.05) is 19.8 Å². The summed E-state index contributed by atoms with van der Waals surface area (Å²) in [6, 6.07) is 0. The van der Waals surface area contributed by atoms with E-state index in [0.29, 0.717) is 0 Å². The number of aliphatic hydroxyl groups excluding tert-OH is 2. The molecule has 2 aliphatic rings. The Labute approximate surface area is 117 Å². The fourth-order valence-electron chi connectivity index (χ4n) is 3.77. The minimum atomic E-state index is -0.0773. The Balaban J connectivity index is 1.91. The molecule has 0 amide bonds. The van der Waals surface area contributed by atoms with Crippen molar-refractivity contribution in [1.82, 2.24) is 5.32 Å². The van der Waals surface area contributed by atoms with Crippen molar-refractivity contribution >= 4 is 0 Å². The zero-order valence-electron chi connectivity index (χ0n) is 12.5. The standard InChI is InChI=1S/C16H31NO2/c1-14-5-9-16(13-19,10-6-14)17-11-15(12-18)7-3-2-4-8-15/h14,17-19H,2-13H2,1H3. The highest BCUT2D eigenvalue weighted by Crippen LogP contribution is 2.37. The lowest BCUT2D eigenvalue weighted by atomic mass is 9.72. The molecule has 0 aromatic rings. The van der Waals surface area contributed by atoms with Gasteiger partial charge in [-0.1, -0.05) is 26.2 Å². The van der Waals surface area contributed by atoms with E-state index in [4.69, 9.17) is 0 Å². The summed E-state index contributed by atoms with van der Waals surface area (Å²) in [4.78, 5) is 0. The van der Waals surface area contributed by atoms with Gasteiger partial charge in [-0.2, -0.15) is 0 Å². The van der Waals surface area contributed by atoms with Crippen molar-refractivity contribution in [2.24, 2.45) is 11.3 Å². The average molecular weight is 269 g/mol. The van der Waals surface area contributed by atoms with E-state index in [1.807, 2.05) is 0 Å². The lowest BCUT2D eigenvalue weighted by Gasteiger charge is -2.43. The monoisotopic (exact) mass is 269 g/mol. The quantitative estimate of drug-likeness (QED) is 0.718. The summed E-state index contributed by atoms with van der Waals surface area (Å²) in [6.45, 7) is 3.70. The predicted molar refractivity (Wildman–Crippen MR) is 78.1 cm³/mol. The Hall–Kier alpha value is -0.120. The first-order valence-corrected chi connectivity index (χ1v) is 8.10. The van der Waals surface area contributed by atoms with Crippen molar-refractivity contribution in [1.29, 1.82) is 0 Å². The minimum Gasteiger partial charge on any atom is -0.396 e. The molecule has 0 spiro atoms. The van der Waals surface area contributed by atoms with Crippen LogP contribution in [0.1, 0.15) is 64.7 Å². The number of aliphatic hydroxyl groups is 2. The molecule has 0 heterocycles. The number of nitrogens with one attached hydrogen (secondary N) is 1. The van der Waals surface area contributed by atoms with Gasteiger partial charge in [-0.15, -0.1) is 0 Å². The van der Waals surface area contributed by atoms with Gasteiger partial charge in [-0.25, -0.2) is 0 Å². The van der Waals surface area contributed by atoms with E-state index >= 15 is 0 Å². The van der Waals surface area contributed by atoms with Gasteiger partial charge in [0, 0.05) is 24.1 Å². The van der Waals surface area contributed by atoms with E-state index in [0.717, 1.165) is 38.1 Å². The topological polar surface area (TPSA) is 52.5 Å². The summed E-state index contributed by atoms with van der Waals surface area (Å²) >= 11 is 0. The van der Waals surface area contributed by atoms with Crippen LogP contribution in [-0.2, 0) is 0 Å². The third-order valence-electron chi connectivity index (χ3n) is 5.62. The van der Waals surface area contributed by atoms with Gasteiger partial charge in [-0.3, -0.25) is 0 Å². The molecule has 0 atom stereocenters. The van der Waals surface area contributed by atoms with E-state index in [-0.39, 0.29) is 24.2 Å². The van der Waals surface area contributed by atoms with Gasteiger partial charge in [0.05, 0.1) is 6.61 Å². The summed E-state index contributed by atoms with van der Waals surface area (Å²) in [5.41, 5.74) is -0.00435. The molecule has 3 heteroatoms. The molecular weight excluding hydrogens is 238 g/mol. The average Bonchev–Trinajstić information content (AvgIpc) is 2.48. The zero-order chi connectivity index (χ0) is 13.8. The molecule has 0 aliphatic heterocycles. The molecule has 2 rings (SSSR count). The molecule has 0 radical (unpaired) electrons. The lowest BCUT2D eigenvalue weighted by molar-refractivity contribution is 0.0465. The Morgan fingerprint density at radius 3 is 2.11 bits per heavy atom. The van der Waals surface area contributed by atoms with Crippen LogP contribution in [-0.4, -0.2) is 35.5 Å². The van der Waals surface area contributed by atoms with E-state index in [9.17, 15) is 10.2 Å². The molecule has 0 unspecified atom stereocenters. The van der Waals surface area contributed by atoms with Crippen LogP contribution < -0.4 is 5.32 Å². The van der Waals surface area contributed by atoms with E-state index in [2.05, 4.69) is 12.2 Å².